The molecule has 0 unspecified atom stereocenters. The molecule has 0 spiro atoms. The number of nitriles is 1. The van der Waals surface area contributed by atoms with E-state index in [4.69, 9.17) is 5.26 Å². The zero-order valence-corrected chi connectivity index (χ0v) is 10.2. The Balaban J connectivity index is 2.86. The Hall–Kier alpha value is -2.36. The molecule has 1 heterocycles. The lowest BCUT2D eigenvalue weighted by atomic mass is 10.2. The Morgan fingerprint density at radius 1 is 1.56 bits per heavy atom. The summed E-state index contributed by atoms with van der Waals surface area (Å²) < 4.78 is 0.996. The van der Waals surface area contributed by atoms with Gasteiger partial charge in [-0.25, -0.2) is 4.79 Å². The van der Waals surface area contributed by atoms with E-state index in [9.17, 15) is 14.4 Å². The normalized spacial score (nSPS) is 10.1. The van der Waals surface area contributed by atoms with Crippen LogP contribution in [0.1, 0.15) is 19.4 Å². The molecule has 7 nitrogen and oxygen atoms in total. The van der Waals surface area contributed by atoms with E-state index in [1.165, 1.54) is 0 Å². The van der Waals surface area contributed by atoms with Crippen molar-refractivity contribution in [3.63, 3.8) is 0 Å². The van der Waals surface area contributed by atoms with E-state index >= 15 is 0 Å². The number of carbonyl (C=O) groups is 1. The molecule has 1 rings (SSSR count). The van der Waals surface area contributed by atoms with Crippen LogP contribution in [-0.2, 0) is 11.3 Å². The summed E-state index contributed by atoms with van der Waals surface area (Å²) in [6.45, 7) is 4.17. The van der Waals surface area contributed by atoms with Crippen LogP contribution >= 0.6 is 0 Å². The van der Waals surface area contributed by atoms with Gasteiger partial charge in [0.25, 0.3) is 5.56 Å². The Morgan fingerprint density at radius 2 is 2.22 bits per heavy atom. The number of nitrogens with zero attached hydrogens (tertiary/aromatic N) is 2. The second-order valence-electron chi connectivity index (χ2n) is 4.24. The molecule has 0 aliphatic carbocycles. The van der Waals surface area contributed by atoms with Crippen molar-refractivity contribution in [3.8, 4) is 6.07 Å². The summed E-state index contributed by atoms with van der Waals surface area (Å²) in [5.74, 6) is -0.0438. The SMILES string of the molecule is CC(C)CNC(=O)Cn1cc(C#N)c(=O)[nH]c1=O. The predicted octanol–water partition coefficient (Wildman–Crippen LogP) is -0.820. The standard InChI is InChI=1S/C11H14N4O3/c1-7(2)4-13-9(16)6-15-5-8(3-12)10(17)14-11(15)18/h5,7H,4,6H2,1-2H3,(H,13,16)(H,14,17,18). The summed E-state index contributed by atoms with van der Waals surface area (Å²) >= 11 is 0. The van der Waals surface area contributed by atoms with Gasteiger partial charge in [0.15, 0.2) is 0 Å². The molecule has 0 fully saturated rings. The highest BCUT2D eigenvalue weighted by atomic mass is 16.2. The molecule has 0 atom stereocenters. The second kappa shape index (κ2) is 5.82. The Bertz CT molecular complexity index is 592. The number of nitrogens with one attached hydrogen (secondary N) is 2. The molecule has 0 bridgehead atoms. The van der Waals surface area contributed by atoms with E-state index < -0.39 is 11.2 Å². The van der Waals surface area contributed by atoms with Crippen LogP contribution in [0, 0.1) is 17.2 Å². The monoisotopic (exact) mass is 250 g/mol. The van der Waals surface area contributed by atoms with Crippen LogP contribution in [0.15, 0.2) is 15.8 Å². The van der Waals surface area contributed by atoms with Crippen LogP contribution in [0.5, 0.6) is 0 Å². The lowest BCUT2D eigenvalue weighted by Crippen LogP contribution is -2.37. The molecular formula is C11H14N4O3. The maximum atomic E-state index is 11.5. The fourth-order valence-corrected chi connectivity index (χ4v) is 1.24. The molecule has 0 aliphatic heterocycles. The largest absolute Gasteiger partial charge is 0.354 e. The Kier molecular flexibility index (Phi) is 4.43. The van der Waals surface area contributed by atoms with Crippen LogP contribution in [-0.4, -0.2) is 22.0 Å². The topological polar surface area (TPSA) is 108 Å². The van der Waals surface area contributed by atoms with Gasteiger partial charge in [0, 0.05) is 12.7 Å². The third-order valence-electron chi connectivity index (χ3n) is 2.15. The number of aromatic nitrogens is 2. The highest BCUT2D eigenvalue weighted by Gasteiger charge is 2.08. The number of hydrogen-bond acceptors (Lipinski definition) is 4. The van der Waals surface area contributed by atoms with Crippen molar-refractivity contribution in [2.45, 2.75) is 20.4 Å². The Morgan fingerprint density at radius 3 is 2.78 bits per heavy atom. The average molecular weight is 250 g/mol. The zero-order chi connectivity index (χ0) is 13.7. The minimum Gasteiger partial charge on any atom is -0.354 e. The molecule has 96 valence electrons. The molecule has 1 aromatic heterocycles. The third kappa shape index (κ3) is 3.59. The first-order valence-corrected chi connectivity index (χ1v) is 5.44. The van der Waals surface area contributed by atoms with Gasteiger partial charge >= 0.3 is 5.69 Å². The summed E-state index contributed by atoms with van der Waals surface area (Å²) in [4.78, 5) is 36.0. The molecule has 0 aromatic carbocycles. The second-order valence-corrected chi connectivity index (χ2v) is 4.24. The number of H-pyrrole nitrogens is 1. The van der Waals surface area contributed by atoms with Gasteiger partial charge in [-0.1, -0.05) is 13.8 Å². The van der Waals surface area contributed by atoms with Gasteiger partial charge in [0.05, 0.1) is 0 Å². The van der Waals surface area contributed by atoms with E-state index in [-0.39, 0.29) is 18.0 Å². The maximum Gasteiger partial charge on any atom is 0.328 e. The van der Waals surface area contributed by atoms with E-state index in [1.807, 2.05) is 18.8 Å². The van der Waals surface area contributed by atoms with Crippen molar-refractivity contribution in [1.29, 1.82) is 5.26 Å². The Labute approximate surface area is 103 Å². The van der Waals surface area contributed by atoms with Crippen molar-refractivity contribution in [3.05, 3.63) is 32.6 Å². The summed E-state index contributed by atoms with van der Waals surface area (Å²) in [5, 5.41) is 11.3. The minimum absolute atomic E-state index is 0.203. The smallest absolute Gasteiger partial charge is 0.328 e. The average Bonchev–Trinajstić information content (AvgIpc) is 2.30. The van der Waals surface area contributed by atoms with Crippen LogP contribution in [0.4, 0.5) is 0 Å². The number of hydrogen-bond donors (Lipinski definition) is 2. The fraction of sp³-hybridized carbons (Fsp3) is 0.455. The van der Waals surface area contributed by atoms with Crippen LogP contribution in [0.2, 0.25) is 0 Å². The summed E-state index contributed by atoms with van der Waals surface area (Å²) in [7, 11) is 0. The van der Waals surface area contributed by atoms with Crippen molar-refractivity contribution < 1.29 is 4.79 Å². The zero-order valence-electron chi connectivity index (χ0n) is 10.2. The highest BCUT2D eigenvalue weighted by molar-refractivity contribution is 5.75. The third-order valence-corrected chi connectivity index (χ3v) is 2.15. The first-order valence-electron chi connectivity index (χ1n) is 5.44. The van der Waals surface area contributed by atoms with Gasteiger partial charge in [-0.15, -0.1) is 0 Å². The van der Waals surface area contributed by atoms with Crippen LogP contribution < -0.4 is 16.6 Å². The number of amides is 1. The molecule has 7 heteroatoms. The lowest BCUT2D eigenvalue weighted by Gasteiger charge is -2.08. The van der Waals surface area contributed by atoms with Crippen molar-refractivity contribution in [1.82, 2.24) is 14.9 Å². The summed E-state index contributed by atoms with van der Waals surface area (Å²) in [6, 6.07) is 1.65. The van der Waals surface area contributed by atoms with Gasteiger partial charge in [-0.3, -0.25) is 19.1 Å². The van der Waals surface area contributed by atoms with Crippen LogP contribution in [0.25, 0.3) is 0 Å². The van der Waals surface area contributed by atoms with E-state index in [0.29, 0.717) is 12.5 Å². The number of rotatable bonds is 4. The molecule has 2 N–H and O–H groups in total. The predicted molar refractivity (Wildman–Crippen MR) is 63.9 cm³/mol. The van der Waals surface area contributed by atoms with Crippen molar-refractivity contribution >= 4 is 5.91 Å². The number of carbonyl (C=O) groups excluding carboxylic acids is 1. The highest BCUT2D eigenvalue weighted by Crippen LogP contribution is 1.89. The molecule has 0 aliphatic rings. The van der Waals surface area contributed by atoms with Gasteiger partial charge in [0.1, 0.15) is 18.2 Å². The summed E-state index contributed by atoms with van der Waals surface area (Å²) in [5.41, 5.74) is -1.66. The van der Waals surface area contributed by atoms with Crippen molar-refractivity contribution in [2.75, 3.05) is 6.54 Å². The van der Waals surface area contributed by atoms with Gasteiger partial charge < -0.3 is 5.32 Å². The van der Waals surface area contributed by atoms with E-state index in [0.717, 1.165) is 10.8 Å². The summed E-state index contributed by atoms with van der Waals surface area (Å²) in [6.07, 6.45) is 1.08. The maximum absolute atomic E-state index is 11.5. The van der Waals surface area contributed by atoms with Gasteiger partial charge in [0.2, 0.25) is 5.91 Å². The lowest BCUT2D eigenvalue weighted by molar-refractivity contribution is -0.121. The first kappa shape index (κ1) is 13.7. The van der Waals surface area contributed by atoms with E-state index in [2.05, 4.69) is 5.32 Å². The molecule has 1 aromatic rings. The fourth-order valence-electron chi connectivity index (χ4n) is 1.24. The molecule has 18 heavy (non-hydrogen) atoms. The first-order chi connectivity index (χ1) is 8.43. The van der Waals surface area contributed by atoms with Crippen molar-refractivity contribution in [2.24, 2.45) is 5.92 Å². The minimum atomic E-state index is -0.749. The van der Waals surface area contributed by atoms with Crippen LogP contribution in [0.3, 0.4) is 0 Å². The van der Waals surface area contributed by atoms with Gasteiger partial charge in [-0.2, -0.15) is 5.26 Å². The van der Waals surface area contributed by atoms with Gasteiger partial charge in [-0.05, 0) is 5.92 Å². The molecule has 0 saturated heterocycles. The molecule has 0 radical (unpaired) electrons. The molecule has 0 saturated carbocycles. The van der Waals surface area contributed by atoms with E-state index in [1.54, 1.807) is 6.07 Å². The molecule has 1 amide bonds. The number of aromatic amines is 1. The molecular weight excluding hydrogens is 236 g/mol. The quantitative estimate of drug-likeness (QED) is 0.727.